The molecule has 158 valence electrons. The van der Waals surface area contributed by atoms with Crippen molar-refractivity contribution < 1.29 is 22.3 Å². The molecule has 1 amide bonds. The topological polar surface area (TPSA) is 124 Å². The van der Waals surface area contributed by atoms with Gasteiger partial charge in [-0.05, 0) is 50.1 Å². The standard InChI is InChI=1S/C20H21FN4O4S/c1-19(11-30(27,28)20(7-8-20)18(22)25-19)14-9-12(3-5-15(14)21)24-17(26)16-6-4-13(29-2)10-23-16/h3-6,9-10H,7-8,11H2,1-2H3,(H2,22,25)(H,24,26). The summed E-state index contributed by atoms with van der Waals surface area (Å²) in [4.78, 5) is 20.9. The first-order chi connectivity index (χ1) is 14.1. The number of pyridine rings is 1. The highest BCUT2D eigenvalue weighted by atomic mass is 32.2. The normalized spacial score (nSPS) is 23.5. The van der Waals surface area contributed by atoms with Gasteiger partial charge in [0, 0.05) is 11.3 Å². The Kier molecular flexibility index (Phi) is 4.57. The third-order valence-electron chi connectivity index (χ3n) is 5.61. The molecule has 0 saturated heterocycles. The van der Waals surface area contributed by atoms with E-state index in [2.05, 4.69) is 15.3 Å². The number of ether oxygens (including phenoxy) is 1. The van der Waals surface area contributed by atoms with E-state index in [1.54, 1.807) is 6.07 Å². The largest absolute Gasteiger partial charge is 0.495 e. The Hall–Kier alpha value is -3.01. The molecule has 1 unspecified atom stereocenters. The maximum Gasteiger partial charge on any atom is 0.274 e. The summed E-state index contributed by atoms with van der Waals surface area (Å²) in [6, 6.07) is 7.02. The van der Waals surface area contributed by atoms with Crippen molar-refractivity contribution in [2.24, 2.45) is 10.7 Å². The van der Waals surface area contributed by atoms with Crippen molar-refractivity contribution in [3.63, 3.8) is 0 Å². The minimum Gasteiger partial charge on any atom is -0.495 e. The van der Waals surface area contributed by atoms with Gasteiger partial charge >= 0.3 is 0 Å². The second-order valence-electron chi connectivity index (χ2n) is 7.76. The lowest BCUT2D eigenvalue weighted by molar-refractivity contribution is 0.102. The van der Waals surface area contributed by atoms with Gasteiger partial charge in [0.2, 0.25) is 0 Å². The van der Waals surface area contributed by atoms with Crippen molar-refractivity contribution in [1.29, 1.82) is 0 Å². The number of benzene rings is 1. The van der Waals surface area contributed by atoms with Gasteiger partial charge in [-0.25, -0.2) is 17.8 Å². The number of anilines is 1. The molecule has 1 fully saturated rings. The quantitative estimate of drug-likeness (QED) is 0.762. The molecule has 1 aliphatic heterocycles. The Morgan fingerprint density at radius 3 is 2.57 bits per heavy atom. The van der Waals surface area contributed by atoms with Gasteiger partial charge in [-0.15, -0.1) is 0 Å². The Morgan fingerprint density at radius 2 is 2.00 bits per heavy atom. The summed E-state index contributed by atoms with van der Waals surface area (Å²) in [5, 5.41) is 2.64. The van der Waals surface area contributed by atoms with Gasteiger partial charge < -0.3 is 15.8 Å². The molecule has 2 heterocycles. The molecule has 2 aromatic rings. The van der Waals surface area contributed by atoms with Crippen LogP contribution in [0.15, 0.2) is 41.5 Å². The van der Waals surface area contributed by atoms with E-state index in [1.165, 1.54) is 38.4 Å². The van der Waals surface area contributed by atoms with E-state index in [4.69, 9.17) is 10.5 Å². The van der Waals surface area contributed by atoms with Gasteiger partial charge in [-0.2, -0.15) is 0 Å². The van der Waals surface area contributed by atoms with E-state index in [1.807, 2.05) is 0 Å². The fourth-order valence-electron chi connectivity index (χ4n) is 3.73. The summed E-state index contributed by atoms with van der Waals surface area (Å²) < 4.78 is 44.2. The molecule has 1 spiro atoms. The van der Waals surface area contributed by atoms with Crippen LogP contribution in [0.2, 0.25) is 0 Å². The van der Waals surface area contributed by atoms with Crippen molar-refractivity contribution in [2.45, 2.75) is 30.1 Å². The highest BCUT2D eigenvalue weighted by Gasteiger charge is 2.62. The van der Waals surface area contributed by atoms with Gasteiger partial charge in [-0.3, -0.25) is 9.79 Å². The molecule has 0 bridgehead atoms. The molecule has 30 heavy (non-hydrogen) atoms. The zero-order chi connectivity index (χ0) is 21.7. The summed E-state index contributed by atoms with van der Waals surface area (Å²) >= 11 is 0. The van der Waals surface area contributed by atoms with Gasteiger partial charge in [0.15, 0.2) is 9.84 Å². The molecule has 0 radical (unpaired) electrons. The smallest absolute Gasteiger partial charge is 0.274 e. The van der Waals surface area contributed by atoms with Crippen LogP contribution < -0.4 is 15.8 Å². The number of amidine groups is 1. The van der Waals surface area contributed by atoms with Gasteiger partial charge in [0.1, 0.15) is 33.4 Å². The summed E-state index contributed by atoms with van der Waals surface area (Å²) in [7, 11) is -2.10. The number of aromatic nitrogens is 1. The lowest BCUT2D eigenvalue weighted by Crippen LogP contribution is -2.50. The molecule has 10 heteroatoms. The summed E-state index contributed by atoms with van der Waals surface area (Å²) in [5.41, 5.74) is 5.08. The van der Waals surface area contributed by atoms with Crippen molar-refractivity contribution in [2.75, 3.05) is 18.2 Å². The number of halogens is 1. The second kappa shape index (κ2) is 6.76. The molecule has 4 rings (SSSR count). The van der Waals surface area contributed by atoms with Crippen molar-refractivity contribution >= 4 is 27.3 Å². The maximum absolute atomic E-state index is 14.7. The molecule has 2 aliphatic rings. The average molecular weight is 432 g/mol. The number of carbonyl (C=O) groups is 1. The highest BCUT2D eigenvalue weighted by molar-refractivity contribution is 7.94. The molecular weight excluding hydrogens is 411 g/mol. The van der Waals surface area contributed by atoms with Crippen LogP contribution in [0.4, 0.5) is 10.1 Å². The fourth-order valence-corrected chi connectivity index (χ4v) is 6.06. The first-order valence-corrected chi connectivity index (χ1v) is 10.9. The van der Waals surface area contributed by atoms with E-state index < -0.39 is 31.8 Å². The fraction of sp³-hybridized carbons (Fsp3) is 0.350. The monoisotopic (exact) mass is 432 g/mol. The van der Waals surface area contributed by atoms with Crippen LogP contribution in [0.3, 0.4) is 0 Å². The van der Waals surface area contributed by atoms with E-state index >= 15 is 0 Å². The summed E-state index contributed by atoms with van der Waals surface area (Å²) in [5.74, 6) is -0.957. The molecule has 1 aliphatic carbocycles. The van der Waals surface area contributed by atoms with Crippen LogP contribution >= 0.6 is 0 Å². The van der Waals surface area contributed by atoms with E-state index in [0.717, 1.165) is 6.07 Å². The summed E-state index contributed by atoms with van der Waals surface area (Å²) in [6.45, 7) is 1.53. The predicted octanol–water partition coefficient (Wildman–Crippen LogP) is 2.01. The molecule has 3 N–H and O–H groups in total. The average Bonchev–Trinajstić information content (AvgIpc) is 3.50. The number of hydrogen-bond donors (Lipinski definition) is 2. The van der Waals surface area contributed by atoms with Crippen LogP contribution in [0.5, 0.6) is 5.75 Å². The lowest BCUT2D eigenvalue weighted by atomic mass is 9.93. The number of amides is 1. The van der Waals surface area contributed by atoms with Gasteiger partial charge in [-0.1, -0.05) is 0 Å². The number of carbonyl (C=O) groups excluding carboxylic acids is 1. The first kappa shape index (κ1) is 20.3. The minimum atomic E-state index is -3.59. The number of nitrogens with two attached hydrogens (primary N) is 1. The van der Waals surface area contributed by atoms with Crippen LogP contribution in [0, 0.1) is 5.82 Å². The third-order valence-corrected chi connectivity index (χ3v) is 8.36. The number of aliphatic imine (C=N–C) groups is 1. The van der Waals surface area contributed by atoms with Crippen LogP contribution in [-0.2, 0) is 15.4 Å². The Balaban J connectivity index is 1.65. The molecule has 8 nitrogen and oxygen atoms in total. The number of rotatable bonds is 4. The molecular formula is C20H21FN4O4S. The van der Waals surface area contributed by atoms with Crippen molar-refractivity contribution in [3.05, 3.63) is 53.6 Å². The predicted molar refractivity (Wildman–Crippen MR) is 110 cm³/mol. The van der Waals surface area contributed by atoms with Crippen LogP contribution in [-0.4, -0.2) is 42.8 Å². The Morgan fingerprint density at radius 1 is 1.27 bits per heavy atom. The van der Waals surface area contributed by atoms with E-state index in [-0.39, 0.29) is 28.5 Å². The Bertz CT molecular complexity index is 1160. The van der Waals surface area contributed by atoms with E-state index in [0.29, 0.717) is 18.6 Å². The summed E-state index contributed by atoms with van der Waals surface area (Å²) in [6.07, 6.45) is 2.28. The minimum absolute atomic E-state index is 0.0209. The first-order valence-electron chi connectivity index (χ1n) is 9.30. The van der Waals surface area contributed by atoms with E-state index in [9.17, 15) is 17.6 Å². The SMILES string of the molecule is COc1ccc(C(=O)Nc2ccc(F)c(C3(C)CS(=O)(=O)C4(CC4)C(N)=N3)c2)nc1. The zero-order valence-electron chi connectivity index (χ0n) is 16.5. The number of nitrogens with one attached hydrogen (secondary N) is 1. The number of sulfone groups is 1. The van der Waals surface area contributed by atoms with Crippen LogP contribution in [0.1, 0.15) is 35.8 Å². The number of methoxy groups -OCH3 is 1. The number of hydrogen-bond acceptors (Lipinski definition) is 7. The second-order valence-corrected chi connectivity index (χ2v) is 10.1. The zero-order valence-corrected chi connectivity index (χ0v) is 17.3. The molecule has 1 atom stereocenters. The van der Waals surface area contributed by atoms with Crippen LogP contribution in [0.25, 0.3) is 0 Å². The maximum atomic E-state index is 14.7. The molecule has 1 saturated carbocycles. The Labute approximate surface area is 173 Å². The van der Waals surface area contributed by atoms with Crippen molar-refractivity contribution in [1.82, 2.24) is 4.98 Å². The van der Waals surface area contributed by atoms with Gasteiger partial charge in [0.05, 0.1) is 19.1 Å². The van der Waals surface area contributed by atoms with Crippen molar-refractivity contribution in [3.8, 4) is 5.75 Å². The molecule has 1 aromatic heterocycles. The highest BCUT2D eigenvalue weighted by Crippen LogP contribution is 2.50. The van der Waals surface area contributed by atoms with Gasteiger partial charge in [0.25, 0.3) is 5.91 Å². The lowest BCUT2D eigenvalue weighted by Gasteiger charge is -2.34. The third kappa shape index (κ3) is 3.20. The number of nitrogens with zero attached hydrogens (tertiary/aromatic N) is 2. The molecule has 1 aromatic carbocycles.